The van der Waals surface area contributed by atoms with Crippen LogP contribution in [0.15, 0.2) is 15.8 Å². The molecule has 0 N–H and O–H groups in total. The topological polar surface area (TPSA) is 86.4 Å². The number of hydrogen-bond donors (Lipinski definition) is 0. The van der Waals surface area contributed by atoms with Gasteiger partial charge in [0, 0.05) is 33.4 Å². The van der Waals surface area contributed by atoms with Crippen LogP contribution in [0.2, 0.25) is 0 Å². The maximum atomic E-state index is 12.8. The first-order valence-corrected chi connectivity index (χ1v) is 8.83. The zero-order valence-corrected chi connectivity index (χ0v) is 15.6. The van der Waals surface area contributed by atoms with Crippen LogP contribution < -0.4 is 16.1 Å². The van der Waals surface area contributed by atoms with Crippen LogP contribution in [-0.4, -0.2) is 39.8 Å². The van der Waals surface area contributed by atoms with Gasteiger partial charge >= 0.3 is 11.7 Å². The molecule has 0 radical (unpaired) electrons. The molecule has 0 saturated carbocycles. The Morgan fingerprint density at radius 2 is 2.04 bits per heavy atom. The molecular formula is C18H24N4O4. The van der Waals surface area contributed by atoms with Crippen molar-refractivity contribution in [3.63, 3.8) is 0 Å². The highest BCUT2D eigenvalue weighted by atomic mass is 16.5. The zero-order valence-electron chi connectivity index (χ0n) is 15.6. The molecule has 1 atom stereocenters. The number of piperidine rings is 1. The van der Waals surface area contributed by atoms with E-state index in [0.29, 0.717) is 24.2 Å². The van der Waals surface area contributed by atoms with Crippen LogP contribution in [0.4, 0.5) is 5.69 Å². The van der Waals surface area contributed by atoms with Gasteiger partial charge < -0.3 is 9.64 Å². The van der Waals surface area contributed by atoms with Crippen molar-refractivity contribution in [1.29, 1.82) is 0 Å². The Balaban J connectivity index is 2.16. The molecule has 3 rings (SSSR count). The molecule has 8 heteroatoms. The second kappa shape index (κ2) is 6.93. The van der Waals surface area contributed by atoms with Crippen molar-refractivity contribution in [3.05, 3.63) is 32.6 Å². The number of ether oxygens (including phenoxy) is 1. The van der Waals surface area contributed by atoms with Crippen LogP contribution in [0, 0.1) is 12.8 Å². The third-order valence-corrected chi connectivity index (χ3v) is 4.98. The summed E-state index contributed by atoms with van der Waals surface area (Å²) in [7, 11) is 3.07. The number of carbonyl (C=O) groups is 1. The van der Waals surface area contributed by atoms with Crippen LogP contribution in [0.5, 0.6) is 0 Å². The van der Waals surface area contributed by atoms with E-state index in [1.165, 1.54) is 11.6 Å². The summed E-state index contributed by atoms with van der Waals surface area (Å²) in [5.74, 6) is -0.420. The second-order valence-corrected chi connectivity index (χ2v) is 6.73. The van der Waals surface area contributed by atoms with Crippen molar-refractivity contribution < 1.29 is 9.53 Å². The molecule has 2 aromatic heterocycles. The van der Waals surface area contributed by atoms with Crippen molar-refractivity contribution in [2.24, 2.45) is 20.0 Å². The molecule has 8 nitrogen and oxygen atoms in total. The lowest BCUT2D eigenvalue weighted by Gasteiger charge is -2.34. The molecule has 1 aliphatic rings. The number of aromatic nitrogens is 3. The highest BCUT2D eigenvalue weighted by Gasteiger charge is 2.29. The minimum Gasteiger partial charge on any atom is -0.466 e. The number of fused-ring (bicyclic) bond motifs is 1. The van der Waals surface area contributed by atoms with E-state index in [0.717, 1.165) is 35.2 Å². The van der Waals surface area contributed by atoms with Crippen molar-refractivity contribution >= 4 is 22.7 Å². The lowest BCUT2D eigenvalue weighted by molar-refractivity contribution is -0.148. The number of hydrogen-bond acceptors (Lipinski definition) is 6. The molecule has 26 heavy (non-hydrogen) atoms. The summed E-state index contributed by atoms with van der Waals surface area (Å²) in [5, 5.41) is 0.416. The number of rotatable bonds is 3. The van der Waals surface area contributed by atoms with Crippen LogP contribution in [0.1, 0.15) is 25.3 Å². The lowest BCUT2D eigenvalue weighted by atomic mass is 9.96. The normalized spacial score (nSPS) is 17.5. The van der Waals surface area contributed by atoms with Crippen LogP contribution >= 0.6 is 0 Å². The van der Waals surface area contributed by atoms with Gasteiger partial charge in [-0.25, -0.2) is 9.78 Å². The highest BCUT2D eigenvalue weighted by Crippen LogP contribution is 2.30. The SMILES string of the molecule is CCOC(=O)[C@@H]1CCCN(c2c(C)cnc3c2c(=O)n(C)c(=O)n3C)C1. The molecule has 0 spiro atoms. The largest absolute Gasteiger partial charge is 0.466 e. The molecule has 3 heterocycles. The van der Waals surface area contributed by atoms with Crippen molar-refractivity contribution in [3.8, 4) is 0 Å². The van der Waals surface area contributed by atoms with Gasteiger partial charge in [0.1, 0.15) is 5.39 Å². The number of carbonyl (C=O) groups excluding carboxylic acids is 1. The fourth-order valence-corrected chi connectivity index (χ4v) is 3.65. The Morgan fingerprint density at radius 3 is 2.73 bits per heavy atom. The fraction of sp³-hybridized carbons (Fsp3) is 0.556. The summed E-state index contributed by atoms with van der Waals surface area (Å²) in [6, 6.07) is 0. The molecule has 1 fully saturated rings. The van der Waals surface area contributed by atoms with Crippen LogP contribution in [0.25, 0.3) is 11.0 Å². The van der Waals surface area contributed by atoms with E-state index in [1.54, 1.807) is 20.2 Å². The smallest absolute Gasteiger partial charge is 0.332 e. The van der Waals surface area contributed by atoms with Gasteiger partial charge in [-0.15, -0.1) is 0 Å². The Bertz CT molecular complexity index is 976. The van der Waals surface area contributed by atoms with E-state index in [-0.39, 0.29) is 17.4 Å². The highest BCUT2D eigenvalue weighted by molar-refractivity contribution is 5.91. The van der Waals surface area contributed by atoms with Crippen LogP contribution in [-0.2, 0) is 23.6 Å². The van der Waals surface area contributed by atoms with Crippen molar-refractivity contribution in [1.82, 2.24) is 14.1 Å². The Hall–Kier alpha value is -2.64. The van der Waals surface area contributed by atoms with Gasteiger partial charge in [-0.05, 0) is 32.3 Å². The molecule has 2 aromatic rings. The van der Waals surface area contributed by atoms with Gasteiger partial charge in [0.15, 0.2) is 5.65 Å². The average Bonchev–Trinajstić information content (AvgIpc) is 2.64. The third-order valence-electron chi connectivity index (χ3n) is 4.98. The molecule has 140 valence electrons. The third kappa shape index (κ3) is 2.89. The van der Waals surface area contributed by atoms with Crippen LogP contribution in [0.3, 0.4) is 0 Å². The number of anilines is 1. The minimum absolute atomic E-state index is 0.200. The molecule has 0 amide bonds. The average molecular weight is 360 g/mol. The molecular weight excluding hydrogens is 336 g/mol. The summed E-state index contributed by atoms with van der Waals surface area (Å²) < 4.78 is 7.65. The quantitative estimate of drug-likeness (QED) is 0.750. The standard InChI is InChI=1S/C18H24N4O4/c1-5-26-17(24)12-7-6-8-22(10-12)14-11(2)9-19-15-13(14)16(23)21(4)18(25)20(15)3/h9,12H,5-8,10H2,1-4H3/t12-/m1/s1. The number of esters is 1. The first kappa shape index (κ1) is 18.2. The van der Waals surface area contributed by atoms with Gasteiger partial charge in [-0.3, -0.25) is 18.7 Å². The summed E-state index contributed by atoms with van der Waals surface area (Å²) in [4.78, 5) is 43.6. The van der Waals surface area contributed by atoms with E-state index >= 15 is 0 Å². The molecule has 0 unspecified atom stereocenters. The Kier molecular flexibility index (Phi) is 4.84. The maximum absolute atomic E-state index is 12.8. The number of aryl methyl sites for hydroxylation is 2. The minimum atomic E-state index is -0.409. The predicted octanol–water partition coefficient (Wildman–Crippen LogP) is 0.720. The predicted molar refractivity (Wildman–Crippen MR) is 98.5 cm³/mol. The van der Waals surface area contributed by atoms with E-state index in [2.05, 4.69) is 9.88 Å². The molecule has 0 aliphatic carbocycles. The van der Waals surface area contributed by atoms with Crippen molar-refractivity contribution in [2.75, 3.05) is 24.6 Å². The summed E-state index contributed by atoms with van der Waals surface area (Å²) in [5.41, 5.74) is 1.18. The fourth-order valence-electron chi connectivity index (χ4n) is 3.65. The summed E-state index contributed by atoms with van der Waals surface area (Å²) in [6.07, 6.45) is 3.28. The van der Waals surface area contributed by atoms with E-state index < -0.39 is 5.69 Å². The Morgan fingerprint density at radius 1 is 1.31 bits per heavy atom. The molecule has 1 aliphatic heterocycles. The van der Waals surface area contributed by atoms with Gasteiger partial charge in [0.2, 0.25) is 0 Å². The van der Waals surface area contributed by atoms with Gasteiger partial charge in [-0.1, -0.05) is 0 Å². The van der Waals surface area contributed by atoms with Gasteiger partial charge in [0.05, 0.1) is 18.2 Å². The van der Waals surface area contributed by atoms with E-state index in [9.17, 15) is 14.4 Å². The first-order valence-electron chi connectivity index (χ1n) is 8.83. The van der Waals surface area contributed by atoms with E-state index in [1.807, 2.05) is 6.92 Å². The number of nitrogens with zero attached hydrogens (tertiary/aromatic N) is 4. The monoisotopic (exact) mass is 360 g/mol. The second-order valence-electron chi connectivity index (χ2n) is 6.73. The summed E-state index contributed by atoms with van der Waals surface area (Å²) >= 11 is 0. The van der Waals surface area contributed by atoms with Gasteiger partial charge in [-0.2, -0.15) is 0 Å². The summed E-state index contributed by atoms with van der Waals surface area (Å²) in [6.45, 7) is 5.27. The lowest BCUT2D eigenvalue weighted by Crippen LogP contribution is -2.42. The molecule has 1 saturated heterocycles. The Labute approximate surface area is 151 Å². The zero-order chi connectivity index (χ0) is 19.0. The first-order chi connectivity index (χ1) is 12.4. The van der Waals surface area contributed by atoms with Gasteiger partial charge in [0.25, 0.3) is 5.56 Å². The maximum Gasteiger partial charge on any atom is 0.332 e. The molecule has 0 aromatic carbocycles. The molecule has 0 bridgehead atoms. The number of pyridine rings is 1. The van der Waals surface area contributed by atoms with E-state index in [4.69, 9.17) is 4.74 Å². The van der Waals surface area contributed by atoms with Crippen molar-refractivity contribution in [2.45, 2.75) is 26.7 Å².